The van der Waals surface area contributed by atoms with Crippen LogP contribution in [0.5, 0.6) is 0 Å². The van der Waals surface area contributed by atoms with Crippen molar-refractivity contribution in [3.05, 3.63) is 0 Å². The van der Waals surface area contributed by atoms with Gasteiger partial charge in [0.1, 0.15) is 61.0 Å². The summed E-state index contributed by atoms with van der Waals surface area (Å²) in [5.74, 6) is -12.3. The number of aliphatic carboxylic acids is 2. The number of hydrogen-bond donors (Lipinski definition) is 14. The van der Waals surface area contributed by atoms with E-state index in [-0.39, 0.29) is 6.61 Å². The van der Waals surface area contributed by atoms with Gasteiger partial charge >= 0.3 is 22.3 Å². The first kappa shape index (κ1) is 53.7. The Labute approximate surface area is 355 Å². The molecule has 27 nitrogen and oxygen atoms in total. The molecule has 3 aliphatic rings. The van der Waals surface area contributed by atoms with Gasteiger partial charge in [-0.05, 0) is 6.04 Å². The average Bonchev–Trinajstić information content (AvgIpc) is 3.15. The average molecular weight is 943 g/mol. The maximum Gasteiger partial charge on any atom is 0.397 e. The van der Waals surface area contributed by atoms with Crippen LogP contribution < -0.4 is 10.6 Å². The first-order valence-electron chi connectivity index (χ1n) is 19.1. The molecule has 0 aromatic heterocycles. The molecule has 3 rings (SSSR count). The molecule has 360 valence electrons. The van der Waals surface area contributed by atoms with Crippen LogP contribution in [-0.2, 0) is 62.2 Å². The predicted molar refractivity (Wildman–Crippen MR) is 201 cm³/mol. The number of carboxylic acid groups (broad SMARTS) is 2. The molecule has 0 unspecified atom stereocenters. The molecular weight excluding hydrogens is 885 g/mol. The van der Waals surface area contributed by atoms with E-state index in [1.807, 2.05) is 19.6 Å². The SMILES string of the molecule is CC(=O)N[C@H]1[C@H]([C@H](O)[C@@H](CO)O[C@]2(C(=O)O)C[C@H](O)[C@@H](NC(C)=O)[C@H]([C@H](O)[C@@H](CO)OS(=O)(=O)O)O2)O[C@@](OC[C@H]2O[C@@H](OCC[Si](C)(C)C)[C@H](O)[C@@H](O)[C@@H]2O)(C(=O)O)C[C@@H]1O. The summed E-state index contributed by atoms with van der Waals surface area (Å²) in [7, 11) is -7.09. The predicted octanol–water partition coefficient (Wildman–Crippen LogP) is -6.68. The molecule has 29 heteroatoms. The topological polar surface area (TPSA) is 434 Å². The van der Waals surface area contributed by atoms with Gasteiger partial charge in [-0.2, -0.15) is 8.42 Å². The first-order valence-corrected chi connectivity index (χ1v) is 24.2. The number of aliphatic hydroxyl groups is 9. The van der Waals surface area contributed by atoms with E-state index in [2.05, 4.69) is 14.8 Å². The van der Waals surface area contributed by atoms with E-state index < -0.39 is 178 Å². The highest BCUT2D eigenvalue weighted by Gasteiger charge is 2.60. The third-order valence-corrected chi connectivity index (χ3v) is 12.4. The highest BCUT2D eigenvalue weighted by molar-refractivity contribution is 7.80. The van der Waals surface area contributed by atoms with Gasteiger partial charge in [0.15, 0.2) is 6.29 Å². The molecule has 3 aliphatic heterocycles. The Morgan fingerprint density at radius 1 is 0.774 bits per heavy atom. The lowest BCUT2D eigenvalue weighted by Gasteiger charge is -2.50. The summed E-state index contributed by atoms with van der Waals surface area (Å²) in [4.78, 5) is 50.1. The van der Waals surface area contributed by atoms with E-state index in [9.17, 15) is 83.8 Å². The van der Waals surface area contributed by atoms with Crippen molar-refractivity contribution in [2.24, 2.45) is 0 Å². The quantitative estimate of drug-likeness (QED) is 0.0376. The number of hydrogen-bond acceptors (Lipinski definition) is 22. The number of aliphatic hydroxyl groups excluding tert-OH is 9. The maximum atomic E-state index is 12.9. The van der Waals surface area contributed by atoms with Gasteiger partial charge in [0.2, 0.25) is 11.8 Å². The molecule has 17 atom stereocenters. The van der Waals surface area contributed by atoms with E-state index in [0.29, 0.717) is 6.04 Å². The molecule has 0 saturated carbocycles. The number of carboxylic acids is 2. The van der Waals surface area contributed by atoms with Crippen LogP contribution in [0.15, 0.2) is 0 Å². The summed E-state index contributed by atoms with van der Waals surface area (Å²) >= 11 is 0. The molecule has 62 heavy (non-hydrogen) atoms. The Hall–Kier alpha value is -2.63. The van der Waals surface area contributed by atoms with Gasteiger partial charge in [-0.3, -0.25) is 14.1 Å². The standard InChI is InChI=1S/C33H58N2O25SSi/c1-13(38)34-20-15(40)8-32(30(47)48,55-12-19-22(42)25(45)26(46)29(56-19)54-6-7-62(3,4)5)58-27(20)23(43)17(10-36)57-33(31(49)50)9-16(41)21(35-14(2)39)28(59-33)24(44)18(11-37)60-61(51,52)53/h15-29,36-37,40-46H,6-12H2,1-5H3,(H,34,38)(H,35,39)(H,47,48)(H,49,50)(H,51,52,53)/t15-,16-,17+,18+,19+,20+,21+,22+,23+,24+,25-,26+,27+,28+,29+,32+,33+/m0/s1. The molecule has 3 fully saturated rings. The second-order valence-corrected chi connectivity index (χ2v) is 23.0. The normalized spacial score (nSPS) is 36.5. The van der Waals surface area contributed by atoms with Crippen LogP contribution in [0.1, 0.15) is 26.7 Å². The molecule has 3 heterocycles. The van der Waals surface area contributed by atoms with Crippen LogP contribution in [0, 0.1) is 0 Å². The molecule has 0 aromatic rings. The van der Waals surface area contributed by atoms with Gasteiger partial charge in [-0.25, -0.2) is 13.8 Å². The molecule has 3 saturated heterocycles. The fourth-order valence-electron chi connectivity index (χ4n) is 7.00. The van der Waals surface area contributed by atoms with E-state index in [0.717, 1.165) is 13.8 Å². The van der Waals surface area contributed by atoms with Crippen molar-refractivity contribution < 1.29 is 121 Å². The third kappa shape index (κ3) is 13.5. The number of carbonyl (C=O) groups excluding carboxylic acids is 2. The van der Waals surface area contributed by atoms with Gasteiger partial charge in [0.25, 0.3) is 11.6 Å². The van der Waals surface area contributed by atoms with Crippen molar-refractivity contribution in [1.82, 2.24) is 10.6 Å². The van der Waals surface area contributed by atoms with Crippen LogP contribution >= 0.6 is 0 Å². The van der Waals surface area contributed by atoms with E-state index in [4.69, 9.17) is 33.0 Å². The lowest BCUT2D eigenvalue weighted by atomic mass is 9.87. The van der Waals surface area contributed by atoms with Crippen molar-refractivity contribution >= 4 is 42.2 Å². The molecule has 0 spiro atoms. The van der Waals surface area contributed by atoms with E-state index >= 15 is 0 Å². The molecule has 0 bridgehead atoms. The number of carbonyl (C=O) groups is 4. The van der Waals surface area contributed by atoms with Gasteiger partial charge in [0, 0.05) is 41.4 Å². The fraction of sp³-hybridized carbons (Fsp3) is 0.879. The third-order valence-electron chi connectivity index (χ3n) is 10.2. The van der Waals surface area contributed by atoms with Crippen LogP contribution in [-0.4, -0.2) is 231 Å². The van der Waals surface area contributed by atoms with Crippen LogP contribution in [0.4, 0.5) is 0 Å². The molecular formula is C33H58N2O25SSi. The van der Waals surface area contributed by atoms with Gasteiger partial charge in [-0.15, -0.1) is 0 Å². The lowest BCUT2D eigenvalue weighted by molar-refractivity contribution is -0.352. The van der Waals surface area contributed by atoms with Crippen molar-refractivity contribution in [3.63, 3.8) is 0 Å². The summed E-state index contributed by atoms with van der Waals surface area (Å²) in [5, 5.41) is 122. The number of amides is 2. The zero-order valence-corrected chi connectivity index (χ0v) is 36.0. The smallest absolute Gasteiger partial charge is 0.397 e. The van der Waals surface area contributed by atoms with Crippen LogP contribution in [0.3, 0.4) is 0 Å². The number of nitrogens with one attached hydrogen (secondary N) is 2. The Bertz CT molecular complexity index is 1660. The molecule has 14 N–H and O–H groups in total. The molecule has 0 aromatic carbocycles. The minimum absolute atomic E-state index is 0.0797. The number of ether oxygens (including phenoxy) is 6. The van der Waals surface area contributed by atoms with Crippen LogP contribution in [0.25, 0.3) is 0 Å². The summed E-state index contributed by atoms with van der Waals surface area (Å²) in [5.41, 5.74) is 0. The Morgan fingerprint density at radius 2 is 1.24 bits per heavy atom. The monoisotopic (exact) mass is 942 g/mol. The Balaban J connectivity index is 2.00. The minimum atomic E-state index is -5.43. The van der Waals surface area contributed by atoms with Crippen molar-refractivity contribution in [2.75, 3.05) is 26.4 Å². The van der Waals surface area contributed by atoms with Crippen molar-refractivity contribution in [2.45, 2.75) is 156 Å². The van der Waals surface area contributed by atoms with Gasteiger partial charge in [-0.1, -0.05) is 19.6 Å². The largest absolute Gasteiger partial charge is 0.477 e. The maximum absolute atomic E-state index is 12.9. The van der Waals surface area contributed by atoms with Crippen molar-refractivity contribution in [3.8, 4) is 0 Å². The second-order valence-electron chi connectivity index (χ2n) is 16.3. The van der Waals surface area contributed by atoms with Crippen molar-refractivity contribution in [1.29, 1.82) is 0 Å². The van der Waals surface area contributed by atoms with E-state index in [1.54, 1.807) is 0 Å². The summed E-state index contributed by atoms with van der Waals surface area (Å²) < 4.78 is 69.8. The molecule has 2 amide bonds. The Kier molecular flexibility index (Phi) is 18.7. The van der Waals surface area contributed by atoms with Gasteiger partial charge in [0.05, 0.1) is 44.1 Å². The number of rotatable bonds is 21. The lowest BCUT2D eigenvalue weighted by Crippen LogP contribution is -2.70. The zero-order valence-electron chi connectivity index (χ0n) is 34.2. The first-order chi connectivity index (χ1) is 28.5. The second kappa shape index (κ2) is 21.6. The summed E-state index contributed by atoms with van der Waals surface area (Å²) in [6.45, 7) is 4.28. The molecule has 0 aliphatic carbocycles. The summed E-state index contributed by atoms with van der Waals surface area (Å²) in [6, 6.07) is -3.02. The fourth-order valence-corrected chi connectivity index (χ4v) is 8.21. The molecule has 0 radical (unpaired) electrons. The van der Waals surface area contributed by atoms with E-state index in [1.165, 1.54) is 0 Å². The summed E-state index contributed by atoms with van der Waals surface area (Å²) in [6.07, 6.45) is -29.4. The van der Waals surface area contributed by atoms with Crippen LogP contribution in [0.2, 0.25) is 25.7 Å². The highest BCUT2D eigenvalue weighted by atomic mass is 32.3. The Morgan fingerprint density at radius 3 is 1.68 bits per heavy atom. The highest BCUT2D eigenvalue weighted by Crippen LogP contribution is 2.39. The zero-order chi connectivity index (χ0) is 47.3. The van der Waals surface area contributed by atoms with Gasteiger partial charge < -0.3 is 95.2 Å². The minimum Gasteiger partial charge on any atom is -0.477 e.